The summed E-state index contributed by atoms with van der Waals surface area (Å²) in [4.78, 5) is 0. The average molecular weight is 261 g/mol. The van der Waals surface area contributed by atoms with Gasteiger partial charge in [0.15, 0.2) is 0 Å². The first-order valence-electron chi connectivity index (χ1n) is 7.05. The molecule has 1 aromatic carbocycles. The fraction of sp³-hybridized carbons (Fsp3) is 0.625. The van der Waals surface area contributed by atoms with Gasteiger partial charge in [0, 0.05) is 11.6 Å². The van der Waals surface area contributed by atoms with E-state index in [-0.39, 0.29) is 17.2 Å². The summed E-state index contributed by atoms with van der Waals surface area (Å²) in [6.07, 6.45) is 1.03. The van der Waals surface area contributed by atoms with Crippen LogP contribution in [0.5, 0.6) is 5.75 Å². The Bertz CT molecular complexity index is 481. The molecular formula is C16H23NO2. The van der Waals surface area contributed by atoms with Gasteiger partial charge in [-0.3, -0.25) is 0 Å². The number of hydrogen-bond acceptors (Lipinski definition) is 3. The van der Waals surface area contributed by atoms with Gasteiger partial charge in [0.25, 0.3) is 0 Å². The van der Waals surface area contributed by atoms with Crippen LogP contribution in [0, 0.1) is 0 Å². The first kappa shape index (κ1) is 12.9. The van der Waals surface area contributed by atoms with Crippen molar-refractivity contribution in [3.05, 3.63) is 29.8 Å². The van der Waals surface area contributed by atoms with Gasteiger partial charge in [-0.1, -0.05) is 18.2 Å². The monoisotopic (exact) mass is 261 g/mol. The molecule has 0 aromatic heterocycles. The summed E-state index contributed by atoms with van der Waals surface area (Å²) in [6, 6.07) is 8.90. The molecule has 0 aliphatic carbocycles. The maximum Gasteiger partial charge on any atom is 0.124 e. The molecule has 2 aliphatic rings. The van der Waals surface area contributed by atoms with Crippen molar-refractivity contribution < 1.29 is 9.47 Å². The molecule has 0 saturated carbocycles. The van der Waals surface area contributed by atoms with Gasteiger partial charge in [0.05, 0.1) is 17.2 Å². The first-order chi connectivity index (χ1) is 8.87. The van der Waals surface area contributed by atoms with E-state index in [4.69, 9.17) is 9.47 Å². The maximum atomic E-state index is 6.14. The zero-order valence-corrected chi connectivity index (χ0v) is 12.2. The zero-order valence-electron chi connectivity index (χ0n) is 12.2. The molecule has 104 valence electrons. The van der Waals surface area contributed by atoms with E-state index in [2.05, 4.69) is 45.1 Å². The van der Waals surface area contributed by atoms with E-state index in [1.165, 1.54) is 5.56 Å². The Hall–Kier alpha value is -1.06. The van der Waals surface area contributed by atoms with Gasteiger partial charge < -0.3 is 14.8 Å². The molecule has 19 heavy (non-hydrogen) atoms. The van der Waals surface area contributed by atoms with Gasteiger partial charge in [-0.25, -0.2) is 0 Å². The summed E-state index contributed by atoms with van der Waals surface area (Å²) in [5, 5.41) is 3.73. The van der Waals surface area contributed by atoms with Gasteiger partial charge in [0.2, 0.25) is 0 Å². The molecule has 2 aliphatic heterocycles. The molecule has 2 atom stereocenters. The average Bonchev–Trinajstić information content (AvgIpc) is 2.78. The normalized spacial score (nSPS) is 30.9. The van der Waals surface area contributed by atoms with Crippen molar-refractivity contribution in [3.63, 3.8) is 0 Å². The van der Waals surface area contributed by atoms with Crippen molar-refractivity contribution in [1.29, 1.82) is 0 Å². The SMILES string of the molecule is CC1(C)CC(NC2COc3ccccc32)C(C)(C)O1. The first-order valence-corrected chi connectivity index (χ1v) is 7.05. The molecule has 1 fully saturated rings. The Morgan fingerprint density at radius 2 is 1.89 bits per heavy atom. The molecule has 2 unspecified atom stereocenters. The molecule has 0 spiro atoms. The number of nitrogens with one attached hydrogen (secondary N) is 1. The van der Waals surface area contributed by atoms with Crippen molar-refractivity contribution in [1.82, 2.24) is 5.32 Å². The fourth-order valence-electron chi connectivity index (χ4n) is 3.37. The van der Waals surface area contributed by atoms with E-state index in [0.29, 0.717) is 12.6 Å². The van der Waals surface area contributed by atoms with Crippen molar-refractivity contribution in [2.45, 2.75) is 57.4 Å². The third-order valence-corrected chi connectivity index (χ3v) is 4.18. The van der Waals surface area contributed by atoms with E-state index in [9.17, 15) is 0 Å². The number of fused-ring (bicyclic) bond motifs is 1. The van der Waals surface area contributed by atoms with Crippen LogP contribution in [0.1, 0.15) is 45.7 Å². The van der Waals surface area contributed by atoms with Gasteiger partial charge >= 0.3 is 0 Å². The van der Waals surface area contributed by atoms with Crippen LogP contribution in [-0.4, -0.2) is 23.9 Å². The quantitative estimate of drug-likeness (QED) is 0.887. The second-order valence-electron chi connectivity index (χ2n) is 6.79. The van der Waals surface area contributed by atoms with Gasteiger partial charge in [-0.05, 0) is 40.2 Å². The van der Waals surface area contributed by atoms with Crippen LogP contribution in [0.3, 0.4) is 0 Å². The summed E-state index contributed by atoms with van der Waals surface area (Å²) >= 11 is 0. The lowest BCUT2D eigenvalue weighted by atomic mass is 9.93. The van der Waals surface area contributed by atoms with Crippen LogP contribution < -0.4 is 10.1 Å². The Morgan fingerprint density at radius 3 is 2.58 bits per heavy atom. The summed E-state index contributed by atoms with van der Waals surface area (Å²) in [7, 11) is 0. The van der Waals surface area contributed by atoms with Crippen molar-refractivity contribution >= 4 is 0 Å². The highest BCUT2D eigenvalue weighted by atomic mass is 16.5. The summed E-state index contributed by atoms with van der Waals surface area (Å²) in [5.74, 6) is 1.01. The number of benzene rings is 1. The fourth-order valence-corrected chi connectivity index (χ4v) is 3.37. The van der Waals surface area contributed by atoms with Crippen molar-refractivity contribution in [2.75, 3.05) is 6.61 Å². The maximum absolute atomic E-state index is 6.14. The second-order valence-corrected chi connectivity index (χ2v) is 6.79. The predicted molar refractivity (Wildman–Crippen MR) is 75.5 cm³/mol. The minimum atomic E-state index is -0.138. The highest BCUT2D eigenvalue weighted by Gasteiger charge is 2.46. The van der Waals surface area contributed by atoms with E-state index in [0.717, 1.165) is 12.2 Å². The molecule has 1 saturated heterocycles. The van der Waals surface area contributed by atoms with E-state index < -0.39 is 0 Å². The largest absolute Gasteiger partial charge is 0.491 e. The minimum Gasteiger partial charge on any atom is -0.491 e. The standard InChI is InChI=1S/C16H23NO2/c1-15(2)9-14(16(3,4)19-15)17-12-10-18-13-8-6-5-7-11(12)13/h5-8,12,14,17H,9-10H2,1-4H3. The second kappa shape index (κ2) is 4.22. The number of rotatable bonds is 2. The van der Waals surface area contributed by atoms with E-state index in [1.807, 2.05) is 12.1 Å². The molecule has 0 bridgehead atoms. The Labute approximate surface area is 115 Å². The van der Waals surface area contributed by atoms with E-state index >= 15 is 0 Å². The smallest absolute Gasteiger partial charge is 0.124 e. The molecule has 3 rings (SSSR count). The molecule has 3 nitrogen and oxygen atoms in total. The van der Waals surface area contributed by atoms with Crippen LogP contribution in [0.4, 0.5) is 0 Å². The van der Waals surface area contributed by atoms with Crippen LogP contribution in [-0.2, 0) is 4.74 Å². The Morgan fingerprint density at radius 1 is 1.16 bits per heavy atom. The van der Waals surface area contributed by atoms with Crippen molar-refractivity contribution in [3.8, 4) is 5.75 Å². The third-order valence-electron chi connectivity index (χ3n) is 4.18. The van der Waals surface area contributed by atoms with Crippen molar-refractivity contribution in [2.24, 2.45) is 0 Å². The zero-order chi connectivity index (χ0) is 13.7. The summed E-state index contributed by atoms with van der Waals surface area (Å²) < 4.78 is 11.9. The molecular weight excluding hydrogens is 238 g/mol. The van der Waals surface area contributed by atoms with Crippen LogP contribution in [0.25, 0.3) is 0 Å². The van der Waals surface area contributed by atoms with Gasteiger partial charge in [-0.15, -0.1) is 0 Å². The summed E-state index contributed by atoms with van der Waals surface area (Å²) in [5.41, 5.74) is 1.07. The predicted octanol–water partition coefficient (Wildman–Crippen LogP) is 3.06. The Balaban J connectivity index is 1.77. The van der Waals surface area contributed by atoms with E-state index in [1.54, 1.807) is 0 Å². The lowest BCUT2D eigenvalue weighted by Gasteiger charge is -2.29. The number of para-hydroxylation sites is 1. The molecule has 2 heterocycles. The summed E-state index contributed by atoms with van der Waals surface area (Å²) in [6.45, 7) is 9.37. The highest BCUT2D eigenvalue weighted by molar-refractivity contribution is 5.39. The Kier molecular flexibility index (Phi) is 2.88. The highest BCUT2D eigenvalue weighted by Crippen LogP contribution is 2.40. The minimum absolute atomic E-state index is 0.0554. The number of hydrogen-bond donors (Lipinski definition) is 1. The topological polar surface area (TPSA) is 30.5 Å². The molecule has 3 heteroatoms. The van der Waals surface area contributed by atoms with Gasteiger partial charge in [0.1, 0.15) is 12.4 Å². The van der Waals surface area contributed by atoms with Crippen LogP contribution >= 0.6 is 0 Å². The number of ether oxygens (including phenoxy) is 2. The lowest BCUT2D eigenvalue weighted by molar-refractivity contribution is -0.0705. The molecule has 1 aromatic rings. The molecule has 1 N–H and O–H groups in total. The van der Waals surface area contributed by atoms with Crippen LogP contribution in [0.15, 0.2) is 24.3 Å². The third kappa shape index (κ3) is 2.37. The van der Waals surface area contributed by atoms with Crippen LogP contribution in [0.2, 0.25) is 0 Å². The molecule has 0 amide bonds. The molecule has 0 radical (unpaired) electrons. The lowest BCUT2D eigenvalue weighted by Crippen LogP contribution is -2.45. The van der Waals surface area contributed by atoms with Gasteiger partial charge in [-0.2, -0.15) is 0 Å².